The highest BCUT2D eigenvalue weighted by Crippen LogP contribution is 2.21. The molecule has 1 aromatic carbocycles. The van der Waals surface area contributed by atoms with Gasteiger partial charge < -0.3 is 9.67 Å². The molecule has 0 unspecified atom stereocenters. The van der Waals surface area contributed by atoms with Crippen molar-refractivity contribution in [2.45, 2.75) is 19.8 Å². The van der Waals surface area contributed by atoms with E-state index in [1.165, 1.54) is 6.07 Å². The summed E-state index contributed by atoms with van der Waals surface area (Å²) in [5.74, 6) is -0.147. The van der Waals surface area contributed by atoms with Gasteiger partial charge in [-0.15, -0.1) is 0 Å². The van der Waals surface area contributed by atoms with E-state index in [4.69, 9.17) is 11.6 Å². The molecule has 5 heteroatoms. The molecular weight excluding hydrogens is 252 g/mol. The second-order valence-corrected chi connectivity index (χ2v) is 4.37. The molecule has 0 bridgehead atoms. The first-order chi connectivity index (χ1) is 8.63. The van der Waals surface area contributed by atoms with Crippen molar-refractivity contribution in [3.63, 3.8) is 0 Å². The van der Waals surface area contributed by atoms with Gasteiger partial charge in [0.15, 0.2) is 0 Å². The van der Waals surface area contributed by atoms with Gasteiger partial charge in [-0.2, -0.15) is 0 Å². The average Bonchev–Trinajstić information content (AvgIpc) is 2.77. The van der Waals surface area contributed by atoms with Crippen molar-refractivity contribution in [1.82, 2.24) is 9.55 Å². The van der Waals surface area contributed by atoms with Crippen molar-refractivity contribution < 1.29 is 9.90 Å². The lowest BCUT2D eigenvalue weighted by Gasteiger charge is -2.10. The summed E-state index contributed by atoms with van der Waals surface area (Å²) in [6.45, 7) is 2.05. The molecule has 4 nitrogen and oxygen atoms in total. The SMILES string of the molecule is CCCc1nccn1-c1ccc(Cl)cc1C(=O)O. The first-order valence-corrected chi connectivity index (χ1v) is 6.06. The first-order valence-electron chi connectivity index (χ1n) is 5.69. The van der Waals surface area contributed by atoms with Crippen LogP contribution in [0.1, 0.15) is 29.5 Å². The minimum atomic E-state index is -0.997. The van der Waals surface area contributed by atoms with E-state index in [2.05, 4.69) is 11.9 Å². The molecular formula is C13H13ClN2O2. The number of aromatic carboxylic acids is 1. The summed E-state index contributed by atoms with van der Waals surface area (Å²) >= 11 is 5.84. The molecule has 18 heavy (non-hydrogen) atoms. The van der Waals surface area contributed by atoms with Crippen LogP contribution >= 0.6 is 11.6 Å². The molecule has 2 rings (SSSR count). The summed E-state index contributed by atoms with van der Waals surface area (Å²) in [5, 5.41) is 9.63. The Kier molecular flexibility index (Phi) is 3.67. The first kappa shape index (κ1) is 12.6. The average molecular weight is 265 g/mol. The fourth-order valence-corrected chi connectivity index (χ4v) is 2.02. The van der Waals surface area contributed by atoms with E-state index in [-0.39, 0.29) is 5.56 Å². The van der Waals surface area contributed by atoms with E-state index in [0.29, 0.717) is 10.7 Å². The minimum Gasteiger partial charge on any atom is -0.478 e. The largest absolute Gasteiger partial charge is 0.478 e. The smallest absolute Gasteiger partial charge is 0.337 e. The standard InChI is InChI=1S/C13H13ClN2O2/c1-2-3-12-15-6-7-16(12)11-5-4-9(14)8-10(11)13(17)18/h4-8H,2-3H2,1H3,(H,17,18). The number of hydrogen-bond acceptors (Lipinski definition) is 2. The number of benzene rings is 1. The van der Waals surface area contributed by atoms with E-state index in [9.17, 15) is 9.90 Å². The Morgan fingerprint density at radius 1 is 1.50 bits per heavy atom. The topological polar surface area (TPSA) is 55.1 Å². The van der Waals surface area contributed by atoms with Crippen LogP contribution in [0.25, 0.3) is 5.69 Å². The predicted molar refractivity (Wildman–Crippen MR) is 69.5 cm³/mol. The molecule has 2 aromatic rings. The lowest BCUT2D eigenvalue weighted by Crippen LogP contribution is -2.07. The summed E-state index contributed by atoms with van der Waals surface area (Å²) in [5.41, 5.74) is 0.769. The van der Waals surface area contributed by atoms with Gasteiger partial charge in [-0.25, -0.2) is 9.78 Å². The molecule has 0 aliphatic carbocycles. The zero-order valence-electron chi connectivity index (χ0n) is 9.93. The van der Waals surface area contributed by atoms with Gasteiger partial charge in [0.1, 0.15) is 5.82 Å². The Hall–Kier alpha value is -1.81. The number of nitrogens with zero attached hydrogens (tertiary/aromatic N) is 2. The van der Waals surface area contributed by atoms with Crippen molar-refractivity contribution in [2.24, 2.45) is 0 Å². The van der Waals surface area contributed by atoms with Gasteiger partial charge in [0, 0.05) is 23.8 Å². The van der Waals surface area contributed by atoms with Gasteiger partial charge in [0.05, 0.1) is 11.3 Å². The van der Waals surface area contributed by atoms with Crippen LogP contribution in [0.2, 0.25) is 5.02 Å². The van der Waals surface area contributed by atoms with Gasteiger partial charge in [-0.1, -0.05) is 18.5 Å². The van der Waals surface area contributed by atoms with Crippen LogP contribution in [0.4, 0.5) is 0 Å². The van der Waals surface area contributed by atoms with Crippen LogP contribution in [0.5, 0.6) is 0 Å². The van der Waals surface area contributed by atoms with E-state index in [1.807, 2.05) is 0 Å². The van der Waals surface area contributed by atoms with Crippen molar-refractivity contribution in [3.05, 3.63) is 47.0 Å². The number of imidazole rings is 1. The Morgan fingerprint density at radius 2 is 2.28 bits per heavy atom. The predicted octanol–water partition coefficient (Wildman–Crippen LogP) is 3.18. The van der Waals surface area contributed by atoms with Crippen LogP contribution in [0.3, 0.4) is 0 Å². The van der Waals surface area contributed by atoms with Crippen molar-refractivity contribution in [3.8, 4) is 5.69 Å². The molecule has 0 atom stereocenters. The van der Waals surface area contributed by atoms with Gasteiger partial charge >= 0.3 is 5.97 Å². The second kappa shape index (κ2) is 5.23. The molecule has 0 aliphatic heterocycles. The fraction of sp³-hybridized carbons (Fsp3) is 0.231. The third-order valence-electron chi connectivity index (χ3n) is 2.64. The van der Waals surface area contributed by atoms with E-state index >= 15 is 0 Å². The quantitative estimate of drug-likeness (QED) is 0.923. The highest BCUT2D eigenvalue weighted by atomic mass is 35.5. The van der Waals surface area contributed by atoms with Gasteiger partial charge in [-0.3, -0.25) is 0 Å². The molecule has 0 spiro atoms. The fourth-order valence-electron chi connectivity index (χ4n) is 1.85. The molecule has 94 valence electrons. The normalized spacial score (nSPS) is 10.6. The minimum absolute atomic E-state index is 0.179. The summed E-state index contributed by atoms with van der Waals surface area (Å²) in [4.78, 5) is 15.5. The van der Waals surface area contributed by atoms with Crippen molar-refractivity contribution in [1.29, 1.82) is 0 Å². The Morgan fingerprint density at radius 3 is 2.94 bits per heavy atom. The summed E-state index contributed by atoms with van der Waals surface area (Å²) in [6, 6.07) is 4.83. The highest BCUT2D eigenvalue weighted by molar-refractivity contribution is 6.31. The molecule has 0 amide bonds. The van der Waals surface area contributed by atoms with Crippen molar-refractivity contribution in [2.75, 3.05) is 0 Å². The molecule has 0 saturated heterocycles. The Balaban J connectivity index is 2.56. The molecule has 0 saturated carbocycles. The van der Waals surface area contributed by atoms with E-state index in [0.717, 1.165) is 18.7 Å². The zero-order chi connectivity index (χ0) is 13.1. The third kappa shape index (κ3) is 2.38. The van der Waals surface area contributed by atoms with E-state index < -0.39 is 5.97 Å². The molecule has 0 radical (unpaired) electrons. The van der Waals surface area contributed by atoms with Crippen LogP contribution in [0, 0.1) is 0 Å². The van der Waals surface area contributed by atoms with Crippen molar-refractivity contribution >= 4 is 17.6 Å². The maximum atomic E-state index is 11.2. The van der Waals surface area contributed by atoms with Crippen LogP contribution in [0.15, 0.2) is 30.6 Å². The molecule has 0 fully saturated rings. The lowest BCUT2D eigenvalue weighted by atomic mass is 10.1. The van der Waals surface area contributed by atoms with Crippen LogP contribution < -0.4 is 0 Å². The van der Waals surface area contributed by atoms with Crippen LogP contribution in [-0.4, -0.2) is 20.6 Å². The second-order valence-electron chi connectivity index (χ2n) is 3.93. The maximum absolute atomic E-state index is 11.2. The number of halogens is 1. The molecule has 1 N–H and O–H groups in total. The Labute approximate surface area is 110 Å². The molecule has 1 heterocycles. The van der Waals surface area contributed by atoms with Gasteiger partial charge in [-0.05, 0) is 24.6 Å². The zero-order valence-corrected chi connectivity index (χ0v) is 10.7. The number of carboxylic acids is 1. The third-order valence-corrected chi connectivity index (χ3v) is 2.87. The lowest BCUT2D eigenvalue weighted by molar-refractivity contribution is 0.0697. The van der Waals surface area contributed by atoms with E-state index in [1.54, 1.807) is 29.1 Å². The van der Waals surface area contributed by atoms with Gasteiger partial charge in [0.25, 0.3) is 0 Å². The number of hydrogen-bond donors (Lipinski definition) is 1. The number of aryl methyl sites for hydroxylation is 1. The monoisotopic (exact) mass is 264 g/mol. The summed E-state index contributed by atoms with van der Waals surface area (Å²) in [7, 11) is 0. The number of carbonyl (C=O) groups is 1. The molecule has 0 aliphatic rings. The summed E-state index contributed by atoms with van der Waals surface area (Å²) < 4.78 is 1.79. The Bertz CT molecular complexity index is 578. The van der Waals surface area contributed by atoms with Gasteiger partial charge in [0.2, 0.25) is 0 Å². The highest BCUT2D eigenvalue weighted by Gasteiger charge is 2.14. The van der Waals surface area contributed by atoms with Crippen LogP contribution in [-0.2, 0) is 6.42 Å². The maximum Gasteiger partial charge on any atom is 0.337 e. The summed E-state index contributed by atoms with van der Waals surface area (Å²) in [6.07, 6.45) is 5.19. The molecule has 1 aromatic heterocycles. The number of carboxylic acid groups (broad SMARTS) is 1. The number of rotatable bonds is 4. The number of aromatic nitrogens is 2.